The van der Waals surface area contributed by atoms with E-state index in [4.69, 9.17) is 10.5 Å². The molecule has 0 amide bonds. The van der Waals surface area contributed by atoms with Crippen molar-refractivity contribution in [1.29, 1.82) is 0 Å². The lowest BCUT2D eigenvalue weighted by molar-refractivity contribution is 0.0977. The van der Waals surface area contributed by atoms with E-state index in [9.17, 15) is 5.11 Å². The maximum absolute atomic E-state index is 10.2. The maximum Gasteiger partial charge on any atom is 0.120 e. The summed E-state index contributed by atoms with van der Waals surface area (Å²) < 4.78 is 5.28. The molecule has 0 spiro atoms. The Hall–Kier alpha value is -1.26. The lowest BCUT2D eigenvalue weighted by Gasteiger charge is -2.41. The summed E-state index contributed by atoms with van der Waals surface area (Å²) in [5.74, 6) is 1.66. The first-order chi connectivity index (χ1) is 10.1. The summed E-state index contributed by atoms with van der Waals surface area (Å²) in [5.41, 5.74) is 6.86. The van der Waals surface area contributed by atoms with Gasteiger partial charge in [-0.1, -0.05) is 12.8 Å². The van der Waals surface area contributed by atoms with Crippen LogP contribution in [0.3, 0.4) is 0 Å². The van der Waals surface area contributed by atoms with Crippen molar-refractivity contribution in [2.45, 2.75) is 44.7 Å². The summed E-state index contributed by atoms with van der Waals surface area (Å²) in [6, 6.07) is 6.05. The quantitative estimate of drug-likeness (QED) is 0.876. The second-order valence-electron chi connectivity index (χ2n) is 6.11. The number of methoxy groups -OCH3 is 1. The van der Waals surface area contributed by atoms with Gasteiger partial charge in [0, 0.05) is 17.6 Å². The molecule has 2 rings (SSSR count). The van der Waals surface area contributed by atoms with Gasteiger partial charge < -0.3 is 15.6 Å². The minimum absolute atomic E-state index is 0.136. The molecule has 0 aromatic heterocycles. The van der Waals surface area contributed by atoms with E-state index in [1.54, 1.807) is 19.2 Å². The SMILES string of the molecule is COc1ccc(O)c(C(C)N(C)C2CCCCC2CN)c1. The van der Waals surface area contributed by atoms with Crippen LogP contribution < -0.4 is 10.5 Å². The molecule has 1 fully saturated rings. The smallest absolute Gasteiger partial charge is 0.120 e. The fraction of sp³-hybridized carbons (Fsp3) is 0.647. The highest BCUT2D eigenvalue weighted by atomic mass is 16.5. The highest BCUT2D eigenvalue weighted by molar-refractivity contribution is 5.41. The number of phenolic OH excluding ortho intramolecular Hbond substituents is 1. The molecule has 21 heavy (non-hydrogen) atoms. The molecule has 118 valence electrons. The van der Waals surface area contributed by atoms with Gasteiger partial charge in [-0.05, 0) is 57.5 Å². The molecular formula is C17H28N2O2. The Morgan fingerprint density at radius 3 is 2.76 bits per heavy atom. The molecule has 4 heteroatoms. The maximum atomic E-state index is 10.2. The van der Waals surface area contributed by atoms with Crippen molar-refractivity contribution in [2.24, 2.45) is 11.7 Å². The van der Waals surface area contributed by atoms with Crippen LogP contribution in [-0.4, -0.2) is 36.8 Å². The summed E-state index contributed by atoms with van der Waals surface area (Å²) in [4.78, 5) is 2.37. The van der Waals surface area contributed by atoms with Gasteiger partial charge in [-0.2, -0.15) is 0 Å². The lowest BCUT2D eigenvalue weighted by Crippen LogP contribution is -2.44. The fourth-order valence-corrected chi connectivity index (χ4v) is 3.50. The number of nitrogens with zero attached hydrogens (tertiary/aromatic N) is 1. The van der Waals surface area contributed by atoms with E-state index in [0.29, 0.717) is 17.7 Å². The highest BCUT2D eigenvalue weighted by Crippen LogP contribution is 2.36. The third kappa shape index (κ3) is 3.50. The fourth-order valence-electron chi connectivity index (χ4n) is 3.50. The van der Waals surface area contributed by atoms with Gasteiger partial charge in [0.15, 0.2) is 0 Å². The van der Waals surface area contributed by atoms with Crippen LogP contribution in [0.15, 0.2) is 18.2 Å². The summed E-state index contributed by atoms with van der Waals surface area (Å²) in [7, 11) is 3.79. The normalized spacial score (nSPS) is 24.0. The van der Waals surface area contributed by atoms with E-state index in [1.807, 2.05) is 6.07 Å². The van der Waals surface area contributed by atoms with Crippen LogP contribution in [0.5, 0.6) is 11.5 Å². The largest absolute Gasteiger partial charge is 0.508 e. The van der Waals surface area contributed by atoms with Crippen LogP contribution in [-0.2, 0) is 0 Å². The molecule has 4 nitrogen and oxygen atoms in total. The Morgan fingerprint density at radius 2 is 2.10 bits per heavy atom. The number of rotatable bonds is 5. The lowest BCUT2D eigenvalue weighted by atomic mass is 9.83. The standard InChI is InChI=1S/C17H28N2O2/c1-12(15-10-14(21-3)8-9-17(15)20)19(2)16-7-5-4-6-13(16)11-18/h8-10,12-13,16,20H,4-7,11,18H2,1-3H3. The van der Waals surface area contributed by atoms with Gasteiger partial charge in [0.2, 0.25) is 0 Å². The molecular weight excluding hydrogens is 264 g/mol. The summed E-state index contributed by atoms with van der Waals surface area (Å²) in [6.45, 7) is 2.88. The van der Waals surface area contributed by atoms with E-state index in [-0.39, 0.29) is 6.04 Å². The van der Waals surface area contributed by atoms with Crippen LogP contribution in [0.2, 0.25) is 0 Å². The van der Waals surface area contributed by atoms with Crippen molar-refractivity contribution in [1.82, 2.24) is 4.90 Å². The van der Waals surface area contributed by atoms with Gasteiger partial charge in [-0.25, -0.2) is 0 Å². The first-order valence-electron chi connectivity index (χ1n) is 7.87. The van der Waals surface area contributed by atoms with Crippen molar-refractivity contribution in [3.8, 4) is 11.5 Å². The Kier molecular flexibility index (Phi) is 5.48. The number of hydrogen-bond acceptors (Lipinski definition) is 4. The first-order valence-corrected chi connectivity index (χ1v) is 7.87. The molecule has 3 atom stereocenters. The minimum Gasteiger partial charge on any atom is -0.508 e. The summed E-state index contributed by atoms with van der Waals surface area (Å²) in [6.07, 6.45) is 4.95. The monoisotopic (exact) mass is 292 g/mol. The number of ether oxygens (including phenoxy) is 1. The molecule has 1 aromatic rings. The van der Waals surface area contributed by atoms with Gasteiger partial charge in [0.25, 0.3) is 0 Å². The molecule has 1 aliphatic rings. The zero-order valence-corrected chi connectivity index (χ0v) is 13.4. The van der Waals surface area contributed by atoms with Crippen LogP contribution in [0.4, 0.5) is 0 Å². The minimum atomic E-state index is 0.136. The third-order valence-corrected chi connectivity index (χ3v) is 4.99. The molecule has 1 aliphatic carbocycles. The Labute approximate surface area is 127 Å². The number of nitrogens with two attached hydrogens (primary N) is 1. The molecule has 0 aliphatic heterocycles. The second-order valence-corrected chi connectivity index (χ2v) is 6.11. The van der Waals surface area contributed by atoms with Crippen LogP contribution in [0, 0.1) is 5.92 Å². The van der Waals surface area contributed by atoms with Crippen LogP contribution >= 0.6 is 0 Å². The van der Waals surface area contributed by atoms with Gasteiger partial charge in [0.1, 0.15) is 11.5 Å². The summed E-state index contributed by atoms with van der Waals surface area (Å²) >= 11 is 0. The van der Waals surface area contributed by atoms with Crippen molar-refractivity contribution < 1.29 is 9.84 Å². The molecule has 0 heterocycles. The zero-order chi connectivity index (χ0) is 15.4. The predicted octanol–water partition coefficient (Wildman–Crippen LogP) is 2.91. The molecule has 1 saturated carbocycles. The average Bonchev–Trinajstić information content (AvgIpc) is 2.54. The Balaban J connectivity index is 2.19. The van der Waals surface area contributed by atoms with Gasteiger partial charge in [-0.3, -0.25) is 4.90 Å². The van der Waals surface area contributed by atoms with Gasteiger partial charge >= 0.3 is 0 Å². The van der Waals surface area contributed by atoms with Crippen molar-refractivity contribution in [3.05, 3.63) is 23.8 Å². The number of hydrogen-bond donors (Lipinski definition) is 2. The predicted molar refractivity (Wildman–Crippen MR) is 85.6 cm³/mol. The molecule has 1 aromatic carbocycles. The Morgan fingerprint density at radius 1 is 1.38 bits per heavy atom. The second kappa shape index (κ2) is 7.14. The molecule has 0 bridgehead atoms. The van der Waals surface area contributed by atoms with Gasteiger partial charge in [-0.15, -0.1) is 0 Å². The van der Waals surface area contributed by atoms with Crippen LogP contribution in [0.1, 0.15) is 44.2 Å². The highest BCUT2D eigenvalue weighted by Gasteiger charge is 2.30. The van der Waals surface area contributed by atoms with Gasteiger partial charge in [0.05, 0.1) is 7.11 Å². The third-order valence-electron chi connectivity index (χ3n) is 4.99. The summed E-state index contributed by atoms with van der Waals surface area (Å²) in [5, 5.41) is 10.2. The molecule has 3 unspecified atom stereocenters. The van der Waals surface area contributed by atoms with E-state index < -0.39 is 0 Å². The van der Waals surface area contributed by atoms with Crippen molar-refractivity contribution >= 4 is 0 Å². The average molecular weight is 292 g/mol. The molecule has 0 radical (unpaired) electrons. The van der Waals surface area contributed by atoms with E-state index in [0.717, 1.165) is 17.9 Å². The van der Waals surface area contributed by atoms with E-state index in [2.05, 4.69) is 18.9 Å². The van der Waals surface area contributed by atoms with Crippen molar-refractivity contribution in [3.63, 3.8) is 0 Å². The number of aromatic hydroxyl groups is 1. The number of benzene rings is 1. The molecule has 3 N–H and O–H groups in total. The van der Waals surface area contributed by atoms with E-state index >= 15 is 0 Å². The van der Waals surface area contributed by atoms with E-state index in [1.165, 1.54) is 25.7 Å². The first kappa shape index (κ1) is 16.1. The zero-order valence-electron chi connectivity index (χ0n) is 13.4. The topological polar surface area (TPSA) is 58.7 Å². The Bertz CT molecular complexity index is 464. The van der Waals surface area contributed by atoms with Crippen molar-refractivity contribution in [2.75, 3.05) is 20.7 Å². The van der Waals surface area contributed by atoms with Crippen LogP contribution in [0.25, 0.3) is 0 Å². The number of phenols is 1. The molecule has 0 saturated heterocycles.